The van der Waals surface area contributed by atoms with Crippen LogP contribution in [0.2, 0.25) is 15.1 Å². The number of para-hydroxylation sites is 1. The van der Waals surface area contributed by atoms with E-state index in [0.29, 0.717) is 43.8 Å². The summed E-state index contributed by atoms with van der Waals surface area (Å²) in [5.74, 6) is -0.129. The minimum Gasteiger partial charge on any atom is -0.464 e. The van der Waals surface area contributed by atoms with E-state index in [2.05, 4.69) is 20.7 Å². The third kappa shape index (κ3) is 6.15. The SMILES string of the molecule is COC(=O)/C(=N/Nc1ccccc1Cl)Sc1nnc(-c2ccc(Cl)cc2Cl)n1Cc1ccccc1. The first-order chi connectivity index (χ1) is 17.0. The van der Waals surface area contributed by atoms with E-state index in [1.54, 1.807) is 42.5 Å². The van der Waals surface area contributed by atoms with E-state index in [4.69, 9.17) is 39.5 Å². The fourth-order valence-electron chi connectivity index (χ4n) is 3.09. The minimum absolute atomic E-state index is 0.0166. The molecule has 0 aliphatic carbocycles. The number of hydrogen-bond acceptors (Lipinski definition) is 7. The highest BCUT2D eigenvalue weighted by Crippen LogP contribution is 2.32. The Kier molecular flexibility index (Phi) is 8.30. The van der Waals surface area contributed by atoms with Crippen LogP contribution >= 0.6 is 46.6 Å². The summed E-state index contributed by atoms with van der Waals surface area (Å²) in [7, 11) is 1.28. The van der Waals surface area contributed by atoms with Crippen LogP contribution in [0.3, 0.4) is 0 Å². The molecule has 1 heterocycles. The molecule has 0 fully saturated rings. The number of hydrogen-bond donors (Lipinski definition) is 1. The second-order valence-corrected chi connectivity index (χ2v) is 9.31. The molecule has 35 heavy (non-hydrogen) atoms. The molecule has 4 rings (SSSR count). The van der Waals surface area contributed by atoms with Crippen molar-refractivity contribution in [2.45, 2.75) is 11.7 Å². The minimum atomic E-state index is -0.644. The van der Waals surface area contributed by atoms with Gasteiger partial charge in [-0.2, -0.15) is 5.10 Å². The molecule has 0 bridgehead atoms. The average Bonchev–Trinajstić information content (AvgIpc) is 3.24. The van der Waals surface area contributed by atoms with Gasteiger partial charge >= 0.3 is 5.97 Å². The first kappa shape index (κ1) is 25.1. The zero-order valence-corrected chi connectivity index (χ0v) is 21.4. The highest BCUT2D eigenvalue weighted by molar-refractivity contribution is 8.15. The maximum atomic E-state index is 12.5. The number of aromatic nitrogens is 3. The van der Waals surface area contributed by atoms with Crippen LogP contribution in [0.5, 0.6) is 0 Å². The molecule has 3 aromatic carbocycles. The fraction of sp³-hybridized carbons (Fsp3) is 0.0833. The van der Waals surface area contributed by atoms with Crippen molar-refractivity contribution in [3.05, 3.63) is 93.4 Å². The Morgan fingerprint density at radius 1 is 1.00 bits per heavy atom. The molecular formula is C24H18Cl3N5O2S. The standard InChI is InChI=1S/C24H18Cl3N5O2S/c1-34-23(33)22(30-28-20-10-6-5-9-18(20)26)35-24-31-29-21(17-12-11-16(25)13-19(17)27)32(24)14-15-7-3-2-4-8-15/h2-13,28H,14H2,1H3/b30-22-. The number of carbonyl (C=O) groups excluding carboxylic acids is 1. The van der Waals surface area contributed by atoms with Crippen LogP contribution in [-0.2, 0) is 16.1 Å². The number of nitrogens with one attached hydrogen (secondary N) is 1. The number of thioether (sulfide) groups is 1. The summed E-state index contributed by atoms with van der Waals surface area (Å²) >= 11 is 19.7. The van der Waals surface area contributed by atoms with Gasteiger partial charge in [-0.05, 0) is 47.7 Å². The van der Waals surface area contributed by atoms with E-state index in [-0.39, 0.29) is 5.04 Å². The molecule has 0 amide bonds. The van der Waals surface area contributed by atoms with E-state index in [9.17, 15) is 4.79 Å². The maximum absolute atomic E-state index is 12.5. The Hall–Kier alpha value is -3.04. The number of esters is 1. The summed E-state index contributed by atoms with van der Waals surface area (Å²) in [6.07, 6.45) is 0. The highest BCUT2D eigenvalue weighted by atomic mass is 35.5. The van der Waals surface area contributed by atoms with E-state index in [1.165, 1.54) is 7.11 Å². The van der Waals surface area contributed by atoms with E-state index >= 15 is 0 Å². The van der Waals surface area contributed by atoms with Gasteiger partial charge in [0.2, 0.25) is 5.04 Å². The smallest absolute Gasteiger partial charge is 0.365 e. The van der Waals surface area contributed by atoms with Gasteiger partial charge in [-0.15, -0.1) is 10.2 Å². The van der Waals surface area contributed by atoms with Crippen LogP contribution in [0, 0.1) is 0 Å². The summed E-state index contributed by atoms with van der Waals surface area (Å²) in [5, 5.41) is 14.7. The third-order valence-electron chi connectivity index (χ3n) is 4.77. The molecule has 0 radical (unpaired) electrons. The number of halogens is 3. The summed E-state index contributed by atoms with van der Waals surface area (Å²) in [5.41, 5.74) is 5.01. The van der Waals surface area contributed by atoms with Gasteiger partial charge in [0.05, 0.1) is 29.4 Å². The monoisotopic (exact) mass is 545 g/mol. The summed E-state index contributed by atoms with van der Waals surface area (Å²) < 4.78 is 6.78. The van der Waals surface area contributed by atoms with Crippen LogP contribution in [0.15, 0.2) is 83.1 Å². The van der Waals surface area contributed by atoms with Crippen molar-refractivity contribution < 1.29 is 9.53 Å². The Balaban J connectivity index is 1.74. The lowest BCUT2D eigenvalue weighted by Gasteiger charge is -2.12. The molecule has 0 atom stereocenters. The summed E-state index contributed by atoms with van der Waals surface area (Å²) in [6.45, 7) is 0.427. The molecule has 0 unspecified atom stereocenters. The van der Waals surface area contributed by atoms with Crippen LogP contribution < -0.4 is 5.43 Å². The zero-order valence-electron chi connectivity index (χ0n) is 18.3. The second-order valence-electron chi connectivity index (χ2n) is 7.10. The number of hydrazone groups is 1. The Labute approximate surface area is 221 Å². The molecule has 178 valence electrons. The number of benzene rings is 3. The Morgan fingerprint density at radius 2 is 1.74 bits per heavy atom. The van der Waals surface area contributed by atoms with Crippen molar-refractivity contribution in [3.63, 3.8) is 0 Å². The van der Waals surface area contributed by atoms with Crippen LogP contribution in [0.25, 0.3) is 11.4 Å². The fourth-order valence-corrected chi connectivity index (χ4v) is 4.53. The normalized spacial score (nSPS) is 11.4. The molecule has 11 heteroatoms. The number of methoxy groups -OCH3 is 1. The van der Waals surface area contributed by atoms with Crippen molar-refractivity contribution in [1.82, 2.24) is 14.8 Å². The number of ether oxygens (including phenoxy) is 1. The Bertz CT molecular complexity index is 1380. The maximum Gasteiger partial charge on any atom is 0.365 e. The van der Waals surface area contributed by atoms with Gasteiger partial charge in [-0.3, -0.25) is 9.99 Å². The number of nitrogens with zero attached hydrogens (tertiary/aromatic N) is 4. The summed E-state index contributed by atoms with van der Waals surface area (Å²) in [6, 6.07) is 22.0. The quantitative estimate of drug-likeness (QED) is 0.0959. The van der Waals surface area contributed by atoms with Gasteiger partial charge in [-0.1, -0.05) is 77.3 Å². The molecule has 0 aliphatic heterocycles. The number of rotatable bonds is 6. The molecule has 0 spiro atoms. The predicted molar refractivity (Wildman–Crippen MR) is 141 cm³/mol. The van der Waals surface area contributed by atoms with E-state index < -0.39 is 5.97 Å². The van der Waals surface area contributed by atoms with Gasteiger partial charge in [-0.25, -0.2) is 4.79 Å². The summed E-state index contributed by atoms with van der Waals surface area (Å²) in [4.78, 5) is 12.5. The van der Waals surface area contributed by atoms with Crippen molar-refractivity contribution in [3.8, 4) is 11.4 Å². The molecular weight excluding hydrogens is 529 g/mol. The second kappa shape index (κ2) is 11.6. The Morgan fingerprint density at radius 3 is 2.46 bits per heavy atom. The van der Waals surface area contributed by atoms with E-state index in [1.807, 2.05) is 34.9 Å². The van der Waals surface area contributed by atoms with Crippen LogP contribution in [0.4, 0.5) is 5.69 Å². The first-order valence-corrected chi connectivity index (χ1v) is 12.2. The molecule has 7 nitrogen and oxygen atoms in total. The zero-order chi connectivity index (χ0) is 24.8. The first-order valence-electron chi connectivity index (χ1n) is 10.2. The molecule has 1 aromatic heterocycles. The van der Waals surface area contributed by atoms with Crippen LogP contribution in [0.1, 0.15) is 5.56 Å². The van der Waals surface area contributed by atoms with Crippen molar-refractivity contribution in [2.75, 3.05) is 12.5 Å². The van der Waals surface area contributed by atoms with Gasteiger partial charge in [0.15, 0.2) is 11.0 Å². The van der Waals surface area contributed by atoms with Crippen molar-refractivity contribution >= 4 is 63.3 Å². The van der Waals surface area contributed by atoms with Crippen molar-refractivity contribution in [1.29, 1.82) is 0 Å². The highest BCUT2D eigenvalue weighted by Gasteiger charge is 2.23. The van der Waals surface area contributed by atoms with Gasteiger partial charge < -0.3 is 4.74 Å². The average molecular weight is 547 g/mol. The van der Waals surface area contributed by atoms with E-state index in [0.717, 1.165) is 17.3 Å². The van der Waals surface area contributed by atoms with Crippen molar-refractivity contribution in [2.24, 2.45) is 5.10 Å². The lowest BCUT2D eigenvalue weighted by Crippen LogP contribution is -2.15. The predicted octanol–water partition coefficient (Wildman–Crippen LogP) is 6.64. The molecule has 4 aromatic rings. The lowest BCUT2D eigenvalue weighted by molar-refractivity contribution is -0.132. The molecule has 0 saturated carbocycles. The van der Waals surface area contributed by atoms with Gasteiger partial charge in [0.25, 0.3) is 0 Å². The van der Waals surface area contributed by atoms with Crippen LogP contribution in [-0.4, -0.2) is 32.9 Å². The molecule has 0 aliphatic rings. The lowest BCUT2D eigenvalue weighted by atomic mass is 10.2. The molecule has 0 saturated heterocycles. The molecule has 1 N–H and O–H groups in total. The van der Waals surface area contributed by atoms with Gasteiger partial charge in [0.1, 0.15) is 0 Å². The third-order valence-corrected chi connectivity index (χ3v) is 6.59. The number of anilines is 1. The van der Waals surface area contributed by atoms with Gasteiger partial charge in [0, 0.05) is 10.6 Å². The number of carbonyl (C=O) groups is 1. The topological polar surface area (TPSA) is 81.4 Å². The largest absolute Gasteiger partial charge is 0.464 e.